The summed E-state index contributed by atoms with van der Waals surface area (Å²) < 4.78 is 2.08. The number of amides is 1. The van der Waals surface area contributed by atoms with Crippen LogP contribution < -0.4 is 4.53 Å². The Balaban J connectivity index is 2.78. The molecule has 0 aromatic carbocycles. The van der Waals surface area contributed by atoms with Crippen molar-refractivity contribution >= 4 is 28.9 Å². The van der Waals surface area contributed by atoms with Crippen molar-refractivity contribution in [1.29, 1.82) is 0 Å². The van der Waals surface area contributed by atoms with Crippen molar-refractivity contribution in [2.75, 3.05) is 4.53 Å². The van der Waals surface area contributed by atoms with E-state index in [0.29, 0.717) is 27.8 Å². The Morgan fingerprint density at radius 1 is 1.53 bits per heavy atom. The number of hydrogen-bond acceptors (Lipinski definition) is 3. The molecule has 6 nitrogen and oxygen atoms in total. The van der Waals surface area contributed by atoms with E-state index in [1.807, 2.05) is 20.8 Å². The molecule has 0 aliphatic carbocycles. The number of hydrogen-bond donors (Lipinski definition) is 1. The number of imidazole rings is 1. The zero-order valence-electron chi connectivity index (χ0n) is 11.0. The predicted octanol–water partition coefficient (Wildman–Crippen LogP) is 2.77. The minimum Gasteiger partial charge on any atom is -0.463 e. The first kappa shape index (κ1) is 13.6. The van der Waals surface area contributed by atoms with Crippen LogP contribution in [0.25, 0.3) is 11.0 Å². The van der Waals surface area contributed by atoms with Crippen LogP contribution in [0.1, 0.15) is 30.4 Å². The first-order valence-electron chi connectivity index (χ1n) is 6.00. The highest BCUT2D eigenvalue weighted by Crippen LogP contribution is 2.23. The molecule has 0 fully saturated rings. The van der Waals surface area contributed by atoms with Crippen molar-refractivity contribution < 1.29 is 9.90 Å². The molecule has 2 aromatic rings. The van der Waals surface area contributed by atoms with Crippen LogP contribution in [0.4, 0.5) is 4.79 Å². The third-order valence-electron chi connectivity index (χ3n) is 3.03. The summed E-state index contributed by atoms with van der Waals surface area (Å²) in [7, 11) is 0. The second-order valence-corrected chi connectivity index (χ2v) is 4.66. The van der Waals surface area contributed by atoms with Gasteiger partial charge < -0.3 is 5.11 Å². The maximum atomic E-state index is 11.1. The number of rotatable bonds is 3. The average Bonchev–Trinajstić information content (AvgIpc) is 2.72. The third kappa shape index (κ3) is 2.23. The lowest BCUT2D eigenvalue weighted by molar-refractivity contribution is 0.201. The van der Waals surface area contributed by atoms with Gasteiger partial charge in [0.05, 0.1) is 11.7 Å². The van der Waals surface area contributed by atoms with Gasteiger partial charge in [-0.25, -0.2) is 14.5 Å². The van der Waals surface area contributed by atoms with E-state index in [1.165, 1.54) is 4.68 Å². The summed E-state index contributed by atoms with van der Waals surface area (Å²) in [5.74, 6) is 0.616. The molecular formula is C12H15ClN4O2. The number of nitrogens with zero attached hydrogens (tertiary/aromatic N) is 4. The van der Waals surface area contributed by atoms with Gasteiger partial charge in [0.2, 0.25) is 0 Å². The molecule has 0 atom stereocenters. The van der Waals surface area contributed by atoms with Gasteiger partial charge in [0.15, 0.2) is 0 Å². The molecule has 1 amide bonds. The Bertz CT molecular complexity index is 638. The van der Waals surface area contributed by atoms with Crippen LogP contribution in [0.5, 0.6) is 0 Å². The minimum atomic E-state index is -1.24. The fourth-order valence-corrected chi connectivity index (χ4v) is 2.17. The van der Waals surface area contributed by atoms with Crippen molar-refractivity contribution in [3.8, 4) is 0 Å². The van der Waals surface area contributed by atoms with Gasteiger partial charge in [0, 0.05) is 23.9 Å². The van der Waals surface area contributed by atoms with Crippen molar-refractivity contribution in [2.45, 2.75) is 33.6 Å². The van der Waals surface area contributed by atoms with E-state index in [1.54, 1.807) is 6.20 Å². The molecule has 0 spiro atoms. The monoisotopic (exact) mass is 282 g/mol. The highest BCUT2D eigenvalue weighted by atomic mass is 35.5. The van der Waals surface area contributed by atoms with E-state index < -0.39 is 6.09 Å². The maximum Gasteiger partial charge on any atom is 0.442 e. The zero-order chi connectivity index (χ0) is 14.2. The number of carboxylic acid groups (broad SMARTS) is 1. The molecule has 2 aromatic heterocycles. The maximum absolute atomic E-state index is 11.1. The Labute approximate surface area is 115 Å². The van der Waals surface area contributed by atoms with Crippen LogP contribution >= 0.6 is 11.8 Å². The van der Waals surface area contributed by atoms with E-state index in [9.17, 15) is 4.79 Å². The Morgan fingerprint density at radius 3 is 2.79 bits per heavy atom. The third-order valence-corrected chi connectivity index (χ3v) is 3.33. The highest BCUT2D eigenvalue weighted by Gasteiger charge is 2.21. The molecule has 0 bridgehead atoms. The molecule has 2 rings (SSSR count). The Hall–Kier alpha value is -1.82. The van der Waals surface area contributed by atoms with Gasteiger partial charge in [-0.05, 0) is 25.8 Å². The van der Waals surface area contributed by atoms with E-state index >= 15 is 0 Å². The van der Waals surface area contributed by atoms with Gasteiger partial charge in [0.1, 0.15) is 11.3 Å². The number of aromatic nitrogens is 3. The van der Waals surface area contributed by atoms with Crippen LogP contribution in [0.2, 0.25) is 0 Å². The van der Waals surface area contributed by atoms with Gasteiger partial charge >= 0.3 is 6.09 Å². The molecule has 0 unspecified atom stereocenters. The number of carbonyl (C=O) groups is 1. The molecule has 0 aliphatic rings. The zero-order valence-corrected chi connectivity index (χ0v) is 11.8. The van der Waals surface area contributed by atoms with Gasteiger partial charge in [-0.1, -0.05) is 6.92 Å². The molecule has 0 saturated heterocycles. The summed E-state index contributed by atoms with van der Waals surface area (Å²) in [6, 6.07) is 0. The SMILES string of the molecule is CCCc1nc2cnc(C)c(C)c2n1N(Cl)C(=O)O. The minimum absolute atomic E-state index is 0.616. The molecular weight excluding hydrogens is 268 g/mol. The highest BCUT2D eigenvalue weighted by molar-refractivity contribution is 6.31. The van der Waals surface area contributed by atoms with Crippen LogP contribution in [-0.4, -0.2) is 25.8 Å². The number of fused-ring (bicyclic) bond motifs is 1. The standard InChI is InChI=1S/C12H15ClN4O2/c1-4-5-10-15-9-6-14-8(3)7(2)11(9)16(10)17(13)12(18)19/h6H,4-5H2,1-3H3,(H,18,19). The van der Waals surface area contributed by atoms with Crippen molar-refractivity contribution in [3.63, 3.8) is 0 Å². The normalized spacial score (nSPS) is 10.9. The summed E-state index contributed by atoms with van der Waals surface area (Å²) in [5, 5.41) is 9.10. The summed E-state index contributed by atoms with van der Waals surface area (Å²) in [5.41, 5.74) is 3.04. The summed E-state index contributed by atoms with van der Waals surface area (Å²) in [6.07, 6.45) is 1.88. The predicted molar refractivity (Wildman–Crippen MR) is 73.1 cm³/mol. The van der Waals surface area contributed by atoms with Gasteiger partial charge in [-0.2, -0.15) is 0 Å². The lowest BCUT2D eigenvalue weighted by atomic mass is 10.2. The van der Waals surface area contributed by atoms with E-state index in [4.69, 9.17) is 16.9 Å². The van der Waals surface area contributed by atoms with Crippen LogP contribution in [0.3, 0.4) is 0 Å². The van der Waals surface area contributed by atoms with Gasteiger partial charge in [-0.15, -0.1) is 4.53 Å². The van der Waals surface area contributed by atoms with Gasteiger partial charge in [-0.3, -0.25) is 4.98 Å². The largest absolute Gasteiger partial charge is 0.463 e. The average molecular weight is 283 g/mol. The van der Waals surface area contributed by atoms with Crippen LogP contribution in [-0.2, 0) is 6.42 Å². The fourth-order valence-electron chi connectivity index (χ4n) is 2.00. The fraction of sp³-hybridized carbons (Fsp3) is 0.417. The lowest BCUT2D eigenvalue weighted by Crippen LogP contribution is -2.31. The molecule has 0 aliphatic heterocycles. The quantitative estimate of drug-likeness (QED) is 0.879. The summed E-state index contributed by atoms with van der Waals surface area (Å²) >= 11 is 5.86. The second kappa shape index (κ2) is 5.05. The molecule has 19 heavy (non-hydrogen) atoms. The van der Waals surface area contributed by atoms with E-state index in [2.05, 4.69) is 9.97 Å². The van der Waals surface area contributed by atoms with Crippen LogP contribution in [0.15, 0.2) is 6.20 Å². The lowest BCUT2D eigenvalue weighted by Gasteiger charge is -2.16. The van der Waals surface area contributed by atoms with E-state index in [-0.39, 0.29) is 0 Å². The summed E-state index contributed by atoms with van der Waals surface area (Å²) in [4.78, 5) is 19.8. The Kier molecular flexibility index (Phi) is 3.61. The van der Waals surface area contributed by atoms with Crippen molar-refractivity contribution in [2.24, 2.45) is 0 Å². The first-order chi connectivity index (χ1) is 8.97. The number of aryl methyl sites for hydroxylation is 3. The number of pyridine rings is 1. The first-order valence-corrected chi connectivity index (χ1v) is 6.33. The molecule has 2 heterocycles. The van der Waals surface area contributed by atoms with Gasteiger partial charge in [0.25, 0.3) is 0 Å². The molecule has 102 valence electrons. The topological polar surface area (TPSA) is 71.2 Å². The molecule has 7 heteroatoms. The van der Waals surface area contributed by atoms with Crippen molar-refractivity contribution in [1.82, 2.24) is 14.6 Å². The molecule has 0 radical (unpaired) electrons. The van der Waals surface area contributed by atoms with Crippen LogP contribution in [0, 0.1) is 13.8 Å². The summed E-state index contributed by atoms with van der Waals surface area (Å²) in [6.45, 7) is 5.75. The second-order valence-electron chi connectivity index (χ2n) is 4.33. The smallest absolute Gasteiger partial charge is 0.442 e. The van der Waals surface area contributed by atoms with Crippen molar-refractivity contribution in [3.05, 3.63) is 23.3 Å². The molecule has 1 N–H and O–H groups in total. The molecule has 0 saturated carbocycles. The van der Waals surface area contributed by atoms with E-state index in [0.717, 1.165) is 17.7 Å². The Morgan fingerprint density at radius 2 is 2.21 bits per heavy atom. The number of halogens is 1.